The summed E-state index contributed by atoms with van der Waals surface area (Å²) in [6, 6.07) is 17.2. The molecule has 0 aromatic heterocycles. The van der Waals surface area contributed by atoms with Crippen LogP contribution in [0, 0.1) is 12.8 Å². The predicted molar refractivity (Wildman–Crippen MR) is 120 cm³/mol. The van der Waals surface area contributed by atoms with Crippen LogP contribution in [-0.2, 0) is 9.63 Å². The fourth-order valence-corrected chi connectivity index (χ4v) is 4.00. The Morgan fingerprint density at radius 2 is 1.90 bits per heavy atom. The Bertz CT molecular complexity index is 943. The fourth-order valence-electron chi connectivity index (χ4n) is 4.00. The second-order valence-electron chi connectivity index (χ2n) is 8.20. The molecule has 31 heavy (non-hydrogen) atoms. The van der Waals surface area contributed by atoms with Gasteiger partial charge in [-0.15, -0.1) is 0 Å². The molecule has 2 heterocycles. The number of hydrogen-bond acceptors (Lipinski definition) is 4. The maximum Gasteiger partial charge on any atom is 0.319 e. The molecule has 0 bridgehead atoms. The van der Waals surface area contributed by atoms with Crippen LogP contribution in [0.3, 0.4) is 0 Å². The van der Waals surface area contributed by atoms with E-state index in [4.69, 9.17) is 4.84 Å². The molecule has 1 saturated heterocycles. The predicted octanol–water partition coefficient (Wildman–Crippen LogP) is 3.55. The van der Waals surface area contributed by atoms with Crippen LogP contribution in [0.5, 0.6) is 0 Å². The minimum Gasteiger partial charge on any atom is -0.382 e. The Balaban J connectivity index is 1.24. The molecule has 0 aliphatic carbocycles. The van der Waals surface area contributed by atoms with Gasteiger partial charge in [0.25, 0.3) is 5.91 Å². The van der Waals surface area contributed by atoms with Crippen molar-refractivity contribution in [1.29, 1.82) is 0 Å². The van der Waals surface area contributed by atoms with Gasteiger partial charge in [-0.3, -0.25) is 4.79 Å². The van der Waals surface area contributed by atoms with Gasteiger partial charge in [0.05, 0.1) is 5.71 Å². The largest absolute Gasteiger partial charge is 0.382 e. The highest BCUT2D eigenvalue weighted by atomic mass is 16.6. The molecule has 2 unspecified atom stereocenters. The van der Waals surface area contributed by atoms with Gasteiger partial charge in [0.15, 0.2) is 0 Å². The highest BCUT2D eigenvalue weighted by Crippen LogP contribution is 2.22. The lowest BCUT2D eigenvalue weighted by Gasteiger charge is -2.33. The first-order valence-corrected chi connectivity index (χ1v) is 10.8. The third kappa shape index (κ3) is 5.42. The Kier molecular flexibility index (Phi) is 6.50. The van der Waals surface area contributed by atoms with Crippen molar-refractivity contribution in [3.8, 4) is 0 Å². The first-order valence-electron chi connectivity index (χ1n) is 10.8. The van der Waals surface area contributed by atoms with Crippen LogP contribution in [0.4, 0.5) is 10.5 Å². The van der Waals surface area contributed by atoms with Crippen LogP contribution in [0.15, 0.2) is 59.8 Å². The molecule has 0 saturated carbocycles. The van der Waals surface area contributed by atoms with Gasteiger partial charge in [0.2, 0.25) is 6.10 Å². The van der Waals surface area contributed by atoms with Gasteiger partial charge in [-0.2, -0.15) is 0 Å². The van der Waals surface area contributed by atoms with Gasteiger partial charge in [-0.1, -0.05) is 53.2 Å². The molecule has 2 aliphatic rings. The summed E-state index contributed by atoms with van der Waals surface area (Å²) in [6.45, 7) is 3.86. The normalized spacial score (nSPS) is 20.5. The van der Waals surface area contributed by atoms with Gasteiger partial charge >= 0.3 is 6.03 Å². The van der Waals surface area contributed by atoms with E-state index in [0.717, 1.165) is 35.4 Å². The van der Waals surface area contributed by atoms with Crippen molar-refractivity contribution in [3.63, 3.8) is 0 Å². The molecular weight excluding hydrogens is 392 g/mol. The third-order valence-electron chi connectivity index (χ3n) is 5.74. The monoisotopic (exact) mass is 420 g/mol. The van der Waals surface area contributed by atoms with Gasteiger partial charge < -0.3 is 20.4 Å². The second kappa shape index (κ2) is 9.64. The van der Waals surface area contributed by atoms with Crippen molar-refractivity contribution in [1.82, 2.24) is 10.2 Å². The van der Waals surface area contributed by atoms with E-state index in [-0.39, 0.29) is 17.9 Å². The Morgan fingerprint density at radius 3 is 2.68 bits per heavy atom. The average molecular weight is 421 g/mol. The van der Waals surface area contributed by atoms with Crippen LogP contribution in [0.25, 0.3) is 0 Å². The van der Waals surface area contributed by atoms with E-state index in [9.17, 15) is 9.59 Å². The summed E-state index contributed by atoms with van der Waals surface area (Å²) in [4.78, 5) is 32.5. The van der Waals surface area contributed by atoms with Gasteiger partial charge in [-0.05, 0) is 43.4 Å². The van der Waals surface area contributed by atoms with Crippen molar-refractivity contribution in [2.24, 2.45) is 11.1 Å². The number of oxime groups is 1. The van der Waals surface area contributed by atoms with Gasteiger partial charge in [0, 0.05) is 31.7 Å². The molecule has 0 spiro atoms. The number of likely N-dealkylation sites (tertiary alicyclic amines) is 1. The number of amides is 3. The summed E-state index contributed by atoms with van der Waals surface area (Å²) >= 11 is 0. The standard InChI is InChI=1S/C24H28N4O3/c1-17-9-11-20(12-10-17)26-24(30)25-15-18-6-5-13-28(16-18)23(29)22-14-21(27-31-22)19-7-3-2-4-8-19/h2-4,7-12,18,22H,5-6,13-16H2,1H3,(H2,25,26,30). The summed E-state index contributed by atoms with van der Waals surface area (Å²) in [6.07, 6.45) is 1.82. The number of benzene rings is 2. The number of nitrogens with one attached hydrogen (secondary N) is 2. The van der Waals surface area contributed by atoms with Crippen LogP contribution in [0.2, 0.25) is 0 Å². The molecule has 2 aliphatic heterocycles. The summed E-state index contributed by atoms with van der Waals surface area (Å²) in [7, 11) is 0. The third-order valence-corrected chi connectivity index (χ3v) is 5.74. The van der Waals surface area contributed by atoms with E-state index in [2.05, 4.69) is 15.8 Å². The topological polar surface area (TPSA) is 83.0 Å². The van der Waals surface area contributed by atoms with E-state index in [1.54, 1.807) is 0 Å². The van der Waals surface area contributed by atoms with Crippen molar-refractivity contribution in [3.05, 3.63) is 65.7 Å². The second-order valence-corrected chi connectivity index (χ2v) is 8.20. The quantitative estimate of drug-likeness (QED) is 0.776. The van der Waals surface area contributed by atoms with E-state index < -0.39 is 6.10 Å². The molecule has 2 N–H and O–H groups in total. The van der Waals surface area contributed by atoms with Crippen LogP contribution >= 0.6 is 0 Å². The number of hydrogen-bond donors (Lipinski definition) is 2. The molecule has 162 valence electrons. The fraction of sp³-hybridized carbons (Fsp3) is 0.375. The lowest BCUT2D eigenvalue weighted by Crippen LogP contribution is -2.47. The molecule has 7 nitrogen and oxygen atoms in total. The number of rotatable bonds is 5. The van der Waals surface area contributed by atoms with E-state index in [0.29, 0.717) is 26.1 Å². The van der Waals surface area contributed by atoms with Crippen LogP contribution < -0.4 is 10.6 Å². The molecular formula is C24H28N4O3. The van der Waals surface area contributed by atoms with Crippen molar-refractivity contribution in [2.75, 3.05) is 25.0 Å². The summed E-state index contributed by atoms with van der Waals surface area (Å²) in [5.41, 5.74) is 3.70. The number of aryl methyl sites for hydroxylation is 1. The summed E-state index contributed by atoms with van der Waals surface area (Å²) in [5, 5.41) is 9.90. The van der Waals surface area contributed by atoms with Crippen molar-refractivity contribution < 1.29 is 14.4 Å². The zero-order valence-electron chi connectivity index (χ0n) is 17.7. The smallest absolute Gasteiger partial charge is 0.319 e. The van der Waals surface area contributed by atoms with Crippen LogP contribution in [-0.4, -0.2) is 48.3 Å². The van der Waals surface area contributed by atoms with E-state index >= 15 is 0 Å². The van der Waals surface area contributed by atoms with Crippen molar-refractivity contribution in [2.45, 2.75) is 32.3 Å². The number of nitrogens with zero attached hydrogens (tertiary/aromatic N) is 2. The molecule has 2 atom stereocenters. The SMILES string of the molecule is Cc1ccc(NC(=O)NCC2CCCN(C(=O)C3CC(c4ccccc4)=NO3)C2)cc1. The van der Waals surface area contributed by atoms with Gasteiger partial charge in [0.1, 0.15) is 0 Å². The molecule has 0 radical (unpaired) electrons. The maximum absolute atomic E-state index is 13.0. The van der Waals surface area contributed by atoms with E-state index in [1.807, 2.05) is 66.4 Å². The number of anilines is 1. The lowest BCUT2D eigenvalue weighted by molar-refractivity contribution is -0.143. The number of carbonyl (C=O) groups excluding carboxylic acids is 2. The zero-order chi connectivity index (χ0) is 21.6. The van der Waals surface area contributed by atoms with Crippen LogP contribution in [0.1, 0.15) is 30.4 Å². The Hall–Kier alpha value is -3.35. The molecule has 4 rings (SSSR count). The van der Waals surface area contributed by atoms with E-state index in [1.165, 1.54) is 0 Å². The lowest BCUT2D eigenvalue weighted by atomic mass is 9.97. The molecule has 2 aromatic rings. The minimum atomic E-state index is -0.563. The van der Waals surface area contributed by atoms with Crippen molar-refractivity contribution >= 4 is 23.3 Å². The summed E-state index contributed by atoms with van der Waals surface area (Å²) < 4.78 is 0. The first-order chi connectivity index (χ1) is 15.1. The molecule has 1 fully saturated rings. The highest BCUT2D eigenvalue weighted by molar-refractivity contribution is 6.04. The first kappa shape index (κ1) is 20.9. The minimum absolute atomic E-state index is 0.0245. The molecule has 7 heteroatoms. The Labute approximate surface area is 182 Å². The Morgan fingerprint density at radius 1 is 1.13 bits per heavy atom. The average Bonchev–Trinajstić information content (AvgIpc) is 3.30. The zero-order valence-corrected chi connectivity index (χ0v) is 17.7. The maximum atomic E-state index is 13.0. The summed E-state index contributed by atoms with van der Waals surface area (Å²) in [5.74, 6) is 0.195. The highest BCUT2D eigenvalue weighted by Gasteiger charge is 2.34. The molecule has 2 aromatic carbocycles. The number of piperidine rings is 1. The number of urea groups is 1. The number of carbonyl (C=O) groups is 2. The van der Waals surface area contributed by atoms with Gasteiger partial charge in [-0.25, -0.2) is 4.79 Å². The molecule has 3 amide bonds.